The van der Waals surface area contributed by atoms with Gasteiger partial charge in [0.1, 0.15) is 5.75 Å². The molecule has 0 radical (unpaired) electrons. The molecule has 0 spiro atoms. The van der Waals surface area contributed by atoms with E-state index in [0.29, 0.717) is 30.0 Å². The van der Waals surface area contributed by atoms with Gasteiger partial charge in [0.2, 0.25) is 0 Å². The van der Waals surface area contributed by atoms with Crippen LogP contribution in [0.2, 0.25) is 0 Å². The van der Waals surface area contributed by atoms with E-state index in [1.165, 1.54) is 0 Å². The number of alkyl halides is 1. The Labute approximate surface area is 102 Å². The summed E-state index contributed by atoms with van der Waals surface area (Å²) in [6.45, 7) is 3.92. The van der Waals surface area contributed by atoms with Crippen molar-refractivity contribution in [3.05, 3.63) is 28.8 Å². The fourth-order valence-corrected chi connectivity index (χ4v) is 1.93. The van der Waals surface area contributed by atoms with Gasteiger partial charge in [0.15, 0.2) is 5.78 Å². The molecule has 0 aliphatic heterocycles. The van der Waals surface area contributed by atoms with Crippen LogP contribution < -0.4 is 4.74 Å². The third-order valence-electron chi connectivity index (χ3n) is 2.48. The molecule has 1 rings (SSSR count). The Balaban J connectivity index is 3.06. The Morgan fingerprint density at radius 1 is 1.38 bits per heavy atom. The fourth-order valence-electron chi connectivity index (χ4n) is 1.80. The Morgan fingerprint density at radius 2 is 2.06 bits per heavy atom. The number of carbonyl (C=O) groups is 1. The third-order valence-corrected chi connectivity index (χ3v) is 2.75. The molecule has 0 aliphatic carbocycles. The topological polar surface area (TPSA) is 26.3 Å². The van der Waals surface area contributed by atoms with E-state index in [2.05, 4.69) is 0 Å². The van der Waals surface area contributed by atoms with Crippen molar-refractivity contribution < 1.29 is 9.53 Å². The lowest BCUT2D eigenvalue weighted by atomic mass is 9.98. The minimum Gasteiger partial charge on any atom is -0.496 e. The lowest BCUT2D eigenvalue weighted by Gasteiger charge is -2.11. The van der Waals surface area contributed by atoms with Crippen LogP contribution in [0.3, 0.4) is 0 Å². The van der Waals surface area contributed by atoms with E-state index in [0.717, 1.165) is 11.1 Å². The van der Waals surface area contributed by atoms with E-state index in [9.17, 15) is 4.79 Å². The molecule has 0 atom stereocenters. The van der Waals surface area contributed by atoms with Gasteiger partial charge in [0.25, 0.3) is 0 Å². The number of carbonyl (C=O) groups excluding carboxylic acids is 1. The van der Waals surface area contributed by atoms with Crippen LogP contribution in [0.15, 0.2) is 12.1 Å². The molecule has 2 nitrogen and oxygen atoms in total. The molecule has 0 bridgehead atoms. The number of rotatable bonds is 5. The smallest absolute Gasteiger partial charge is 0.166 e. The third kappa shape index (κ3) is 2.99. The Hall–Kier alpha value is -1.02. The number of hydrogen-bond acceptors (Lipinski definition) is 2. The molecule has 0 N–H and O–H groups in total. The molecule has 1 aromatic rings. The first-order valence-corrected chi connectivity index (χ1v) is 5.88. The van der Waals surface area contributed by atoms with Crippen molar-refractivity contribution in [3.8, 4) is 5.75 Å². The average Bonchev–Trinajstić information content (AvgIpc) is 2.24. The molecule has 88 valence electrons. The Kier molecular flexibility index (Phi) is 4.81. The van der Waals surface area contributed by atoms with Gasteiger partial charge in [-0.1, -0.05) is 6.07 Å². The largest absolute Gasteiger partial charge is 0.496 e. The Bertz CT molecular complexity index is 386. The van der Waals surface area contributed by atoms with Crippen molar-refractivity contribution in [1.29, 1.82) is 0 Å². The predicted octanol–water partition coefficient (Wildman–Crippen LogP) is 3.51. The van der Waals surface area contributed by atoms with Crippen molar-refractivity contribution in [2.45, 2.75) is 26.7 Å². The highest BCUT2D eigenvalue weighted by Crippen LogP contribution is 2.25. The van der Waals surface area contributed by atoms with E-state index in [1.807, 2.05) is 26.0 Å². The first-order chi connectivity index (χ1) is 7.60. The van der Waals surface area contributed by atoms with E-state index in [4.69, 9.17) is 16.3 Å². The van der Waals surface area contributed by atoms with Crippen molar-refractivity contribution >= 4 is 17.4 Å². The second-order valence-electron chi connectivity index (χ2n) is 3.87. The molecule has 0 amide bonds. The lowest BCUT2D eigenvalue weighted by Crippen LogP contribution is -2.05. The molecule has 0 heterocycles. The monoisotopic (exact) mass is 240 g/mol. The molecule has 1 aromatic carbocycles. The zero-order chi connectivity index (χ0) is 12.1. The molecule has 3 heteroatoms. The molecule has 0 aliphatic rings. The highest BCUT2D eigenvalue weighted by Gasteiger charge is 2.15. The van der Waals surface area contributed by atoms with E-state index >= 15 is 0 Å². The van der Waals surface area contributed by atoms with E-state index < -0.39 is 0 Å². The molecular formula is C13H17ClO2. The van der Waals surface area contributed by atoms with E-state index in [1.54, 1.807) is 7.11 Å². The first-order valence-electron chi connectivity index (χ1n) is 5.34. The summed E-state index contributed by atoms with van der Waals surface area (Å²) in [5.41, 5.74) is 2.76. The van der Waals surface area contributed by atoms with Crippen LogP contribution in [0.5, 0.6) is 5.75 Å². The molecule has 16 heavy (non-hydrogen) atoms. The standard InChI is InChI=1S/C13H17ClO2/c1-9-7-10(2)13(12(8-9)16-3)11(15)5-4-6-14/h7-8H,4-6H2,1-3H3. The molecule has 0 aromatic heterocycles. The van der Waals surface area contributed by atoms with Crippen molar-refractivity contribution in [2.24, 2.45) is 0 Å². The zero-order valence-corrected chi connectivity index (χ0v) is 10.7. The summed E-state index contributed by atoms with van der Waals surface area (Å²) in [7, 11) is 1.59. The van der Waals surface area contributed by atoms with Gasteiger partial charge in [-0.15, -0.1) is 11.6 Å². The number of hydrogen-bond donors (Lipinski definition) is 0. The van der Waals surface area contributed by atoms with Gasteiger partial charge in [0.05, 0.1) is 12.7 Å². The van der Waals surface area contributed by atoms with Gasteiger partial charge in [-0.25, -0.2) is 0 Å². The lowest BCUT2D eigenvalue weighted by molar-refractivity contribution is 0.0978. The minimum atomic E-state index is 0.106. The predicted molar refractivity (Wildman–Crippen MR) is 66.8 cm³/mol. The highest BCUT2D eigenvalue weighted by molar-refractivity contribution is 6.18. The second-order valence-corrected chi connectivity index (χ2v) is 4.25. The summed E-state index contributed by atoms with van der Waals surface area (Å²) in [5.74, 6) is 1.28. The first kappa shape index (κ1) is 13.0. The van der Waals surface area contributed by atoms with Crippen molar-refractivity contribution in [1.82, 2.24) is 0 Å². The van der Waals surface area contributed by atoms with Gasteiger partial charge in [-0.3, -0.25) is 4.79 Å². The summed E-state index contributed by atoms with van der Waals surface area (Å²) in [6, 6.07) is 3.89. The fraction of sp³-hybridized carbons (Fsp3) is 0.462. The quantitative estimate of drug-likeness (QED) is 0.582. The van der Waals surface area contributed by atoms with Crippen LogP contribution in [-0.2, 0) is 0 Å². The van der Waals surface area contributed by atoms with Crippen LogP contribution in [-0.4, -0.2) is 18.8 Å². The number of ketones is 1. The normalized spacial score (nSPS) is 10.2. The zero-order valence-electron chi connectivity index (χ0n) is 9.97. The Morgan fingerprint density at radius 3 is 2.62 bits per heavy atom. The van der Waals surface area contributed by atoms with Crippen molar-refractivity contribution in [3.63, 3.8) is 0 Å². The average molecular weight is 241 g/mol. The molecule has 0 saturated carbocycles. The van der Waals surface area contributed by atoms with Gasteiger partial charge in [0, 0.05) is 12.3 Å². The summed E-state index contributed by atoms with van der Waals surface area (Å²) in [6.07, 6.45) is 1.18. The van der Waals surface area contributed by atoms with Crippen LogP contribution in [0.4, 0.5) is 0 Å². The van der Waals surface area contributed by atoms with E-state index in [-0.39, 0.29) is 5.78 Å². The summed E-state index contributed by atoms with van der Waals surface area (Å²) in [4.78, 5) is 12.0. The number of halogens is 1. The second kappa shape index (κ2) is 5.90. The maximum atomic E-state index is 12.0. The van der Waals surface area contributed by atoms with Gasteiger partial charge in [-0.05, 0) is 37.5 Å². The minimum absolute atomic E-state index is 0.106. The number of methoxy groups -OCH3 is 1. The van der Waals surface area contributed by atoms with Crippen LogP contribution in [0.25, 0.3) is 0 Å². The van der Waals surface area contributed by atoms with Gasteiger partial charge < -0.3 is 4.74 Å². The number of ether oxygens (including phenoxy) is 1. The SMILES string of the molecule is COc1cc(C)cc(C)c1C(=O)CCCCl. The molecule has 0 saturated heterocycles. The van der Waals surface area contributed by atoms with Gasteiger partial charge >= 0.3 is 0 Å². The van der Waals surface area contributed by atoms with Crippen LogP contribution >= 0.6 is 11.6 Å². The summed E-state index contributed by atoms with van der Waals surface area (Å²) in [5, 5.41) is 0. The number of benzene rings is 1. The maximum Gasteiger partial charge on any atom is 0.166 e. The van der Waals surface area contributed by atoms with Crippen molar-refractivity contribution in [2.75, 3.05) is 13.0 Å². The van der Waals surface area contributed by atoms with Gasteiger partial charge in [-0.2, -0.15) is 0 Å². The highest BCUT2D eigenvalue weighted by atomic mass is 35.5. The number of Topliss-reactive ketones (excluding diaryl/α,β-unsaturated/α-hetero) is 1. The summed E-state index contributed by atoms with van der Waals surface area (Å²) < 4.78 is 5.25. The summed E-state index contributed by atoms with van der Waals surface area (Å²) >= 11 is 5.59. The maximum absolute atomic E-state index is 12.0. The number of aryl methyl sites for hydroxylation is 2. The van der Waals surface area contributed by atoms with Crippen LogP contribution in [0.1, 0.15) is 34.3 Å². The molecule has 0 unspecified atom stereocenters. The van der Waals surface area contributed by atoms with Crippen LogP contribution in [0, 0.1) is 13.8 Å². The molecular weight excluding hydrogens is 224 g/mol. The molecule has 0 fully saturated rings.